The summed E-state index contributed by atoms with van der Waals surface area (Å²) in [6.45, 7) is 0. The van der Waals surface area contributed by atoms with Gasteiger partial charge in [-0.3, -0.25) is 14.3 Å². The minimum atomic E-state index is -4.34. The van der Waals surface area contributed by atoms with E-state index in [1.54, 1.807) is 0 Å². The van der Waals surface area contributed by atoms with E-state index in [4.69, 9.17) is 20.6 Å². The van der Waals surface area contributed by atoms with Crippen LogP contribution in [0.15, 0.2) is 18.3 Å². The van der Waals surface area contributed by atoms with Gasteiger partial charge in [-0.25, -0.2) is 0 Å². The van der Waals surface area contributed by atoms with Crippen molar-refractivity contribution >= 4 is 18.9 Å². The highest BCUT2D eigenvalue weighted by Crippen LogP contribution is 2.32. The van der Waals surface area contributed by atoms with Gasteiger partial charge in [0.25, 0.3) is 0 Å². The van der Waals surface area contributed by atoms with Gasteiger partial charge in [0, 0.05) is 18.3 Å². The standard InChI is InChI=1S/C8H11N2O5P/c9-7(8(11)12)4-5-3-6(1-2-10-5)16(13,14)15/h1-3,7H,4,9H2,(H,11,12)(H2,13,14,15). The highest BCUT2D eigenvalue weighted by molar-refractivity contribution is 7.60. The third-order valence-corrected chi connectivity index (χ3v) is 2.83. The van der Waals surface area contributed by atoms with E-state index in [2.05, 4.69) is 4.98 Å². The number of carboxylic acid groups (broad SMARTS) is 1. The van der Waals surface area contributed by atoms with Crippen molar-refractivity contribution in [3.8, 4) is 0 Å². The van der Waals surface area contributed by atoms with Crippen molar-refractivity contribution in [2.75, 3.05) is 0 Å². The average Bonchev–Trinajstić information content (AvgIpc) is 2.16. The molecule has 1 unspecified atom stereocenters. The molecule has 8 heteroatoms. The average molecular weight is 246 g/mol. The van der Waals surface area contributed by atoms with Gasteiger partial charge in [0.1, 0.15) is 6.04 Å². The zero-order chi connectivity index (χ0) is 12.3. The molecule has 1 rings (SSSR count). The largest absolute Gasteiger partial charge is 0.480 e. The molecule has 0 radical (unpaired) electrons. The zero-order valence-electron chi connectivity index (χ0n) is 8.15. The Labute approximate surface area is 91.1 Å². The van der Waals surface area contributed by atoms with Gasteiger partial charge >= 0.3 is 13.6 Å². The van der Waals surface area contributed by atoms with Gasteiger partial charge in [-0.15, -0.1) is 0 Å². The molecule has 1 heterocycles. The first-order valence-corrected chi connectivity index (χ1v) is 5.91. The molecule has 0 saturated carbocycles. The van der Waals surface area contributed by atoms with Crippen LogP contribution in [0.4, 0.5) is 0 Å². The van der Waals surface area contributed by atoms with Crippen LogP contribution in [0, 0.1) is 0 Å². The van der Waals surface area contributed by atoms with Gasteiger partial charge in [0.05, 0.1) is 5.30 Å². The van der Waals surface area contributed by atoms with Gasteiger partial charge in [0.2, 0.25) is 0 Å². The molecule has 0 bridgehead atoms. The summed E-state index contributed by atoms with van der Waals surface area (Å²) in [4.78, 5) is 32.1. The predicted octanol–water partition coefficient (Wildman–Crippen LogP) is -1.16. The Balaban J connectivity index is 2.92. The quantitative estimate of drug-likeness (QED) is 0.492. The molecular formula is C8H11N2O5P. The molecule has 1 aromatic heterocycles. The summed E-state index contributed by atoms with van der Waals surface area (Å²) in [6, 6.07) is 1.19. The van der Waals surface area contributed by atoms with Crippen LogP contribution < -0.4 is 11.0 Å². The second-order valence-electron chi connectivity index (χ2n) is 3.20. The van der Waals surface area contributed by atoms with Gasteiger partial charge in [-0.1, -0.05) is 0 Å². The second-order valence-corrected chi connectivity index (χ2v) is 4.80. The van der Waals surface area contributed by atoms with Gasteiger partial charge in [0.15, 0.2) is 0 Å². The lowest BCUT2D eigenvalue weighted by Gasteiger charge is -2.08. The molecule has 88 valence electrons. The van der Waals surface area contributed by atoms with Crippen LogP contribution in [0.1, 0.15) is 5.69 Å². The number of pyridine rings is 1. The van der Waals surface area contributed by atoms with E-state index in [0.29, 0.717) is 0 Å². The van der Waals surface area contributed by atoms with Crippen LogP contribution in [-0.4, -0.2) is 31.9 Å². The maximum absolute atomic E-state index is 10.9. The summed E-state index contributed by atoms with van der Waals surface area (Å²) in [6.07, 6.45) is 1.13. The molecule has 16 heavy (non-hydrogen) atoms. The minimum Gasteiger partial charge on any atom is -0.480 e. The van der Waals surface area contributed by atoms with Crippen molar-refractivity contribution in [1.82, 2.24) is 4.98 Å². The van der Waals surface area contributed by atoms with E-state index in [-0.39, 0.29) is 17.4 Å². The fourth-order valence-corrected chi connectivity index (χ4v) is 1.65. The number of aliphatic carboxylic acids is 1. The highest BCUT2D eigenvalue weighted by Gasteiger charge is 2.19. The van der Waals surface area contributed by atoms with Crippen LogP contribution in [-0.2, 0) is 15.8 Å². The summed E-state index contributed by atoms with van der Waals surface area (Å²) in [5.41, 5.74) is 5.51. The molecule has 0 spiro atoms. The lowest BCUT2D eigenvalue weighted by atomic mass is 10.1. The Bertz CT molecular complexity index is 444. The lowest BCUT2D eigenvalue weighted by molar-refractivity contribution is -0.138. The fourth-order valence-electron chi connectivity index (χ4n) is 1.07. The van der Waals surface area contributed by atoms with Crippen LogP contribution in [0.5, 0.6) is 0 Å². The number of nitrogens with two attached hydrogens (primary N) is 1. The van der Waals surface area contributed by atoms with E-state index in [9.17, 15) is 9.36 Å². The van der Waals surface area contributed by atoms with E-state index in [1.807, 2.05) is 0 Å². The van der Waals surface area contributed by atoms with Gasteiger partial charge in [-0.2, -0.15) is 0 Å². The summed E-state index contributed by atoms with van der Waals surface area (Å²) in [5, 5.41) is 8.37. The Morgan fingerprint density at radius 1 is 1.56 bits per heavy atom. The number of carboxylic acids is 1. The van der Waals surface area contributed by atoms with Crippen LogP contribution >= 0.6 is 7.60 Å². The lowest BCUT2D eigenvalue weighted by Crippen LogP contribution is -2.32. The summed E-state index contributed by atoms with van der Waals surface area (Å²) in [7, 11) is -4.34. The first kappa shape index (κ1) is 12.8. The number of nitrogens with zero attached hydrogens (tertiary/aromatic N) is 1. The molecule has 0 aliphatic rings. The Hall–Kier alpha value is -1.27. The third kappa shape index (κ3) is 3.39. The maximum atomic E-state index is 10.9. The molecule has 7 nitrogen and oxygen atoms in total. The van der Waals surface area contributed by atoms with E-state index in [0.717, 1.165) is 6.07 Å². The predicted molar refractivity (Wildman–Crippen MR) is 55.2 cm³/mol. The molecule has 0 aliphatic heterocycles. The Kier molecular flexibility index (Phi) is 3.77. The molecule has 0 amide bonds. The van der Waals surface area contributed by atoms with Gasteiger partial charge in [-0.05, 0) is 12.1 Å². The van der Waals surface area contributed by atoms with E-state index < -0.39 is 19.6 Å². The zero-order valence-corrected chi connectivity index (χ0v) is 9.04. The molecule has 1 aromatic rings. The van der Waals surface area contributed by atoms with Crippen LogP contribution in [0.3, 0.4) is 0 Å². The highest BCUT2D eigenvalue weighted by atomic mass is 31.2. The monoisotopic (exact) mass is 246 g/mol. The van der Waals surface area contributed by atoms with Crippen molar-refractivity contribution < 1.29 is 24.3 Å². The first-order chi connectivity index (χ1) is 7.30. The molecular weight excluding hydrogens is 235 g/mol. The van der Waals surface area contributed by atoms with Crippen molar-refractivity contribution in [3.05, 3.63) is 24.0 Å². The topological polar surface area (TPSA) is 134 Å². The molecule has 0 saturated heterocycles. The first-order valence-electron chi connectivity index (χ1n) is 4.30. The second kappa shape index (κ2) is 4.71. The number of carbonyl (C=O) groups is 1. The summed E-state index contributed by atoms with van der Waals surface area (Å²) < 4.78 is 10.9. The number of hydrogen-bond acceptors (Lipinski definition) is 4. The number of hydrogen-bond donors (Lipinski definition) is 4. The van der Waals surface area contributed by atoms with Crippen molar-refractivity contribution in [2.24, 2.45) is 5.73 Å². The van der Waals surface area contributed by atoms with Crippen LogP contribution in [0.2, 0.25) is 0 Å². The molecule has 5 N–H and O–H groups in total. The number of aromatic nitrogens is 1. The summed E-state index contributed by atoms with van der Waals surface area (Å²) >= 11 is 0. The van der Waals surface area contributed by atoms with Gasteiger partial charge < -0.3 is 20.6 Å². The smallest absolute Gasteiger partial charge is 0.356 e. The molecule has 0 aromatic carbocycles. The molecule has 0 fully saturated rings. The Morgan fingerprint density at radius 2 is 2.19 bits per heavy atom. The molecule has 0 aliphatic carbocycles. The number of rotatable bonds is 4. The van der Waals surface area contributed by atoms with Crippen LogP contribution in [0.25, 0.3) is 0 Å². The van der Waals surface area contributed by atoms with E-state index >= 15 is 0 Å². The third-order valence-electron chi connectivity index (χ3n) is 1.88. The normalized spacial score (nSPS) is 13.4. The van der Waals surface area contributed by atoms with Crippen molar-refractivity contribution in [3.63, 3.8) is 0 Å². The Morgan fingerprint density at radius 3 is 2.69 bits per heavy atom. The van der Waals surface area contributed by atoms with E-state index in [1.165, 1.54) is 12.3 Å². The fraction of sp³-hybridized carbons (Fsp3) is 0.250. The minimum absolute atomic E-state index is 0.0802. The maximum Gasteiger partial charge on any atom is 0.356 e. The SMILES string of the molecule is NC(Cc1cc(P(=O)(O)O)ccn1)C(=O)O. The molecule has 1 atom stereocenters. The van der Waals surface area contributed by atoms with Crippen molar-refractivity contribution in [1.29, 1.82) is 0 Å². The summed E-state index contributed by atoms with van der Waals surface area (Å²) in [5.74, 6) is -1.19. The van der Waals surface area contributed by atoms with Crippen molar-refractivity contribution in [2.45, 2.75) is 12.5 Å².